The first-order valence-electron chi connectivity index (χ1n) is 7.61. The summed E-state index contributed by atoms with van der Waals surface area (Å²) in [4.78, 5) is 15.8. The van der Waals surface area contributed by atoms with Crippen LogP contribution in [0.3, 0.4) is 0 Å². The van der Waals surface area contributed by atoms with E-state index in [-0.39, 0.29) is 11.0 Å². The summed E-state index contributed by atoms with van der Waals surface area (Å²) in [6.07, 6.45) is 8.32. The maximum atomic E-state index is 12.1. The van der Waals surface area contributed by atoms with Gasteiger partial charge in [0, 0.05) is 12.4 Å². The molecule has 1 amide bonds. The summed E-state index contributed by atoms with van der Waals surface area (Å²) in [7, 11) is -3.89. The van der Waals surface area contributed by atoms with Crippen LogP contribution < -0.4 is 4.72 Å². The van der Waals surface area contributed by atoms with Crippen LogP contribution in [-0.2, 0) is 19.6 Å². The van der Waals surface area contributed by atoms with Crippen LogP contribution in [0.4, 0.5) is 0 Å². The van der Waals surface area contributed by atoms with Crippen molar-refractivity contribution < 1.29 is 17.9 Å². The number of hydrogen-bond acceptors (Lipinski definition) is 5. The zero-order valence-electron chi connectivity index (χ0n) is 12.7. The minimum Gasteiger partial charge on any atom is -0.365 e. The number of amides is 1. The zero-order chi connectivity index (χ0) is 16.0. The summed E-state index contributed by atoms with van der Waals surface area (Å²) in [6.45, 7) is 1.58. The molecule has 22 heavy (non-hydrogen) atoms. The van der Waals surface area contributed by atoms with Crippen LogP contribution in [0.15, 0.2) is 29.4 Å². The van der Waals surface area contributed by atoms with Crippen molar-refractivity contribution in [2.24, 2.45) is 0 Å². The molecule has 0 spiro atoms. The molecular weight excluding hydrogens is 304 g/mol. The second-order valence-electron chi connectivity index (χ2n) is 5.55. The lowest BCUT2D eigenvalue weighted by Crippen LogP contribution is -2.40. The molecule has 0 aliphatic heterocycles. The summed E-state index contributed by atoms with van der Waals surface area (Å²) in [5.41, 5.74) is 0. The topological polar surface area (TPSA) is 85.4 Å². The Morgan fingerprint density at radius 3 is 2.59 bits per heavy atom. The Balaban J connectivity index is 1.93. The highest BCUT2D eigenvalue weighted by Gasteiger charge is 2.25. The van der Waals surface area contributed by atoms with E-state index >= 15 is 0 Å². The number of nitrogens with zero attached hydrogens (tertiary/aromatic N) is 1. The van der Waals surface area contributed by atoms with Gasteiger partial charge in [-0.3, -0.25) is 9.78 Å². The number of ether oxygens (including phenoxy) is 1. The maximum absolute atomic E-state index is 12.1. The van der Waals surface area contributed by atoms with Gasteiger partial charge >= 0.3 is 0 Å². The van der Waals surface area contributed by atoms with Crippen molar-refractivity contribution in [1.29, 1.82) is 0 Å². The van der Waals surface area contributed by atoms with E-state index in [1.54, 1.807) is 6.92 Å². The Hall–Kier alpha value is -1.47. The van der Waals surface area contributed by atoms with Gasteiger partial charge in [-0.1, -0.05) is 25.7 Å². The fourth-order valence-corrected chi connectivity index (χ4v) is 3.51. The third-order valence-electron chi connectivity index (χ3n) is 3.75. The fourth-order valence-electron chi connectivity index (χ4n) is 2.51. The lowest BCUT2D eigenvalue weighted by molar-refractivity contribution is -0.133. The number of carbonyl (C=O) groups is 1. The van der Waals surface area contributed by atoms with E-state index in [1.165, 1.54) is 37.4 Å². The van der Waals surface area contributed by atoms with Crippen LogP contribution in [0.25, 0.3) is 0 Å². The largest absolute Gasteiger partial charge is 0.365 e. The van der Waals surface area contributed by atoms with E-state index in [1.807, 2.05) is 4.72 Å². The Morgan fingerprint density at radius 2 is 2.00 bits per heavy atom. The molecule has 1 N–H and O–H groups in total. The summed E-state index contributed by atoms with van der Waals surface area (Å²) >= 11 is 0. The molecule has 1 heterocycles. The first kappa shape index (κ1) is 16.9. The molecule has 1 atom stereocenters. The van der Waals surface area contributed by atoms with Crippen LogP contribution in [-0.4, -0.2) is 31.5 Å². The molecule has 2 rings (SSSR count). The molecule has 0 radical (unpaired) electrons. The van der Waals surface area contributed by atoms with Crippen molar-refractivity contribution >= 4 is 15.9 Å². The van der Waals surface area contributed by atoms with Gasteiger partial charge in [0.25, 0.3) is 15.9 Å². The highest BCUT2D eigenvalue weighted by atomic mass is 32.2. The number of aromatic nitrogens is 1. The van der Waals surface area contributed by atoms with Gasteiger partial charge in [0.15, 0.2) is 0 Å². The predicted molar refractivity (Wildman–Crippen MR) is 81.6 cm³/mol. The summed E-state index contributed by atoms with van der Waals surface area (Å²) < 4.78 is 31.9. The highest BCUT2D eigenvalue weighted by Crippen LogP contribution is 2.21. The Kier molecular flexibility index (Phi) is 5.90. The van der Waals surface area contributed by atoms with Crippen LogP contribution in [0.1, 0.15) is 45.4 Å². The molecule has 1 aliphatic rings. The second kappa shape index (κ2) is 7.69. The molecule has 7 heteroatoms. The minimum atomic E-state index is -3.89. The van der Waals surface area contributed by atoms with Crippen LogP contribution in [0.5, 0.6) is 0 Å². The van der Waals surface area contributed by atoms with E-state index in [9.17, 15) is 13.2 Å². The number of carbonyl (C=O) groups excluding carboxylic acids is 1. The monoisotopic (exact) mass is 326 g/mol. The number of sulfonamides is 1. The van der Waals surface area contributed by atoms with Gasteiger partial charge in [0.2, 0.25) is 0 Å². The van der Waals surface area contributed by atoms with Gasteiger partial charge < -0.3 is 4.74 Å². The third kappa shape index (κ3) is 4.78. The molecule has 0 aromatic carbocycles. The van der Waals surface area contributed by atoms with Crippen molar-refractivity contribution in [2.75, 3.05) is 0 Å². The van der Waals surface area contributed by atoms with Crippen molar-refractivity contribution in [1.82, 2.24) is 9.71 Å². The number of nitrogens with one attached hydrogen (secondary N) is 1. The molecule has 1 fully saturated rings. The Bertz CT molecular complexity index is 581. The molecule has 1 aromatic rings. The predicted octanol–water partition coefficient (Wildman–Crippen LogP) is 2.01. The average molecular weight is 326 g/mol. The minimum absolute atomic E-state index is 0.0318. The van der Waals surface area contributed by atoms with E-state index in [2.05, 4.69) is 4.98 Å². The van der Waals surface area contributed by atoms with Gasteiger partial charge in [-0.05, 0) is 31.9 Å². The lowest BCUT2D eigenvalue weighted by atomic mass is 10.1. The molecule has 122 valence electrons. The van der Waals surface area contributed by atoms with Crippen molar-refractivity contribution in [3.05, 3.63) is 24.5 Å². The molecule has 1 aliphatic carbocycles. The molecule has 6 nitrogen and oxygen atoms in total. The summed E-state index contributed by atoms with van der Waals surface area (Å²) in [6, 6.07) is 2.89. The van der Waals surface area contributed by atoms with Gasteiger partial charge in [0.1, 0.15) is 11.0 Å². The van der Waals surface area contributed by atoms with Crippen molar-refractivity contribution in [3.8, 4) is 0 Å². The lowest BCUT2D eigenvalue weighted by Gasteiger charge is -2.20. The van der Waals surface area contributed by atoms with E-state index < -0.39 is 22.0 Å². The second-order valence-corrected chi connectivity index (χ2v) is 7.23. The van der Waals surface area contributed by atoms with Crippen molar-refractivity contribution in [2.45, 2.75) is 62.6 Å². The first-order chi connectivity index (χ1) is 10.5. The van der Waals surface area contributed by atoms with E-state index in [0.717, 1.165) is 25.7 Å². The molecule has 0 saturated heterocycles. The fraction of sp³-hybridized carbons (Fsp3) is 0.600. The Labute approximate surface area is 131 Å². The third-order valence-corrected chi connectivity index (χ3v) is 5.08. The van der Waals surface area contributed by atoms with Crippen LogP contribution >= 0.6 is 0 Å². The number of hydrogen-bond donors (Lipinski definition) is 1. The molecule has 0 bridgehead atoms. The van der Waals surface area contributed by atoms with E-state index in [0.29, 0.717) is 0 Å². The SMILES string of the molecule is C[C@H](OC1CCCCCC1)C(=O)NS(=O)(=O)c1cccnc1. The summed E-state index contributed by atoms with van der Waals surface area (Å²) in [5, 5.41) is 0. The number of rotatable bonds is 5. The van der Waals surface area contributed by atoms with Crippen LogP contribution in [0.2, 0.25) is 0 Å². The number of pyridine rings is 1. The van der Waals surface area contributed by atoms with E-state index in [4.69, 9.17) is 4.74 Å². The van der Waals surface area contributed by atoms with Gasteiger partial charge in [-0.2, -0.15) is 0 Å². The smallest absolute Gasteiger partial charge is 0.265 e. The first-order valence-corrected chi connectivity index (χ1v) is 9.09. The van der Waals surface area contributed by atoms with Gasteiger partial charge in [-0.15, -0.1) is 0 Å². The maximum Gasteiger partial charge on any atom is 0.265 e. The Morgan fingerprint density at radius 1 is 1.32 bits per heavy atom. The molecular formula is C15H22N2O4S. The zero-order valence-corrected chi connectivity index (χ0v) is 13.5. The average Bonchev–Trinajstić information content (AvgIpc) is 2.76. The molecule has 0 unspecified atom stereocenters. The quantitative estimate of drug-likeness (QED) is 0.837. The highest BCUT2D eigenvalue weighted by molar-refractivity contribution is 7.90. The van der Waals surface area contributed by atoms with Gasteiger partial charge in [-0.25, -0.2) is 13.1 Å². The normalized spacial score (nSPS) is 18.4. The van der Waals surface area contributed by atoms with Gasteiger partial charge in [0.05, 0.1) is 6.10 Å². The summed E-state index contributed by atoms with van der Waals surface area (Å²) in [5.74, 6) is -0.645. The standard InChI is InChI=1S/C15H22N2O4S/c1-12(21-13-7-4-2-3-5-8-13)15(18)17-22(19,20)14-9-6-10-16-11-14/h6,9-13H,2-5,7-8H2,1H3,(H,17,18)/t12-/m0/s1. The van der Waals surface area contributed by atoms with Crippen molar-refractivity contribution in [3.63, 3.8) is 0 Å². The van der Waals surface area contributed by atoms with Crippen LogP contribution in [0, 0.1) is 0 Å². The molecule has 1 saturated carbocycles. The molecule has 1 aromatic heterocycles.